The molecule has 26 heavy (non-hydrogen) atoms. The van der Waals surface area contributed by atoms with Crippen molar-refractivity contribution in [2.75, 3.05) is 33.2 Å². The Bertz CT molecular complexity index is 712. The highest BCUT2D eigenvalue weighted by Gasteiger charge is 2.20. The molecular formula is C17H25ClIN5OS. The first-order chi connectivity index (χ1) is 12.2. The van der Waals surface area contributed by atoms with Gasteiger partial charge in [0.2, 0.25) is 0 Å². The van der Waals surface area contributed by atoms with Gasteiger partial charge in [-0.3, -0.25) is 9.89 Å². The normalized spacial score (nSPS) is 15.8. The van der Waals surface area contributed by atoms with Crippen LogP contribution >= 0.6 is 46.9 Å². The van der Waals surface area contributed by atoms with E-state index in [0.29, 0.717) is 6.54 Å². The summed E-state index contributed by atoms with van der Waals surface area (Å²) in [6.45, 7) is 7.57. The van der Waals surface area contributed by atoms with E-state index in [1.807, 2.05) is 19.2 Å². The minimum absolute atomic E-state index is 0. The van der Waals surface area contributed by atoms with Gasteiger partial charge in [0.1, 0.15) is 0 Å². The van der Waals surface area contributed by atoms with Gasteiger partial charge < -0.3 is 14.7 Å². The largest absolute Gasteiger partial charge is 0.359 e. The van der Waals surface area contributed by atoms with Crippen LogP contribution in [0.3, 0.4) is 0 Å². The van der Waals surface area contributed by atoms with E-state index in [9.17, 15) is 0 Å². The monoisotopic (exact) mass is 509 g/mol. The van der Waals surface area contributed by atoms with Crippen molar-refractivity contribution in [2.24, 2.45) is 4.99 Å². The Morgan fingerprint density at radius 3 is 2.69 bits per heavy atom. The molecule has 0 aliphatic carbocycles. The summed E-state index contributed by atoms with van der Waals surface area (Å²) in [7, 11) is 1.82. The van der Waals surface area contributed by atoms with E-state index in [-0.39, 0.29) is 24.0 Å². The highest BCUT2D eigenvalue weighted by molar-refractivity contribution is 14.0. The zero-order chi connectivity index (χ0) is 17.6. The van der Waals surface area contributed by atoms with Crippen molar-refractivity contribution in [1.29, 1.82) is 0 Å². The molecule has 0 unspecified atom stereocenters. The summed E-state index contributed by atoms with van der Waals surface area (Å²) in [5, 5.41) is 7.39. The molecule has 0 spiro atoms. The van der Waals surface area contributed by atoms with Gasteiger partial charge in [-0.25, -0.2) is 0 Å². The SMILES string of the molecule is CCc1cc(CNC(=NC)N2CCN(Cc3ccc(Cl)s3)CC2)on1.I. The molecule has 1 fully saturated rings. The number of hydrogen-bond donors (Lipinski definition) is 1. The number of piperazine rings is 1. The van der Waals surface area contributed by atoms with E-state index in [0.717, 1.165) is 60.9 Å². The molecule has 1 aliphatic rings. The van der Waals surface area contributed by atoms with Crippen molar-refractivity contribution in [2.45, 2.75) is 26.4 Å². The topological polar surface area (TPSA) is 56.9 Å². The van der Waals surface area contributed by atoms with Crippen molar-refractivity contribution < 1.29 is 4.52 Å². The molecule has 1 saturated heterocycles. The molecular weight excluding hydrogens is 485 g/mol. The van der Waals surface area contributed by atoms with Crippen LogP contribution in [0.2, 0.25) is 4.34 Å². The number of halogens is 2. The Morgan fingerprint density at radius 2 is 2.12 bits per heavy atom. The van der Waals surface area contributed by atoms with Crippen molar-refractivity contribution in [3.8, 4) is 0 Å². The van der Waals surface area contributed by atoms with Crippen LogP contribution in [-0.4, -0.2) is 54.1 Å². The number of aliphatic imine (C=N–C) groups is 1. The van der Waals surface area contributed by atoms with E-state index in [2.05, 4.69) is 38.3 Å². The lowest BCUT2D eigenvalue weighted by Gasteiger charge is -2.36. The minimum Gasteiger partial charge on any atom is -0.359 e. The first-order valence-corrected chi connectivity index (χ1v) is 9.74. The first-order valence-electron chi connectivity index (χ1n) is 8.54. The van der Waals surface area contributed by atoms with Gasteiger partial charge in [-0.2, -0.15) is 0 Å². The molecule has 0 aromatic carbocycles. The number of aromatic nitrogens is 1. The molecule has 3 rings (SSSR count). The average molecular weight is 510 g/mol. The maximum atomic E-state index is 6.01. The Balaban J connectivity index is 0.00000243. The molecule has 0 amide bonds. The summed E-state index contributed by atoms with van der Waals surface area (Å²) in [5.74, 6) is 1.75. The number of nitrogens with one attached hydrogen (secondary N) is 1. The Kier molecular flexibility index (Phi) is 8.65. The van der Waals surface area contributed by atoms with Crippen molar-refractivity contribution >= 4 is 52.9 Å². The molecule has 0 radical (unpaired) electrons. The second kappa shape index (κ2) is 10.5. The summed E-state index contributed by atoms with van der Waals surface area (Å²) in [6.07, 6.45) is 0.885. The smallest absolute Gasteiger partial charge is 0.194 e. The highest BCUT2D eigenvalue weighted by Crippen LogP contribution is 2.23. The van der Waals surface area contributed by atoms with Gasteiger partial charge in [0.15, 0.2) is 11.7 Å². The van der Waals surface area contributed by atoms with E-state index < -0.39 is 0 Å². The van der Waals surface area contributed by atoms with Crippen molar-refractivity contribution in [3.63, 3.8) is 0 Å². The summed E-state index contributed by atoms with van der Waals surface area (Å²) in [4.78, 5) is 10.5. The fourth-order valence-electron chi connectivity index (χ4n) is 2.88. The highest BCUT2D eigenvalue weighted by atomic mass is 127. The van der Waals surface area contributed by atoms with E-state index in [4.69, 9.17) is 16.1 Å². The molecule has 1 aliphatic heterocycles. The lowest BCUT2D eigenvalue weighted by molar-refractivity contribution is 0.173. The van der Waals surface area contributed by atoms with Crippen LogP contribution in [0.4, 0.5) is 0 Å². The predicted octanol–water partition coefficient (Wildman–Crippen LogP) is 3.46. The van der Waals surface area contributed by atoms with Crippen LogP contribution in [0.5, 0.6) is 0 Å². The van der Waals surface area contributed by atoms with Gasteiger partial charge >= 0.3 is 0 Å². The van der Waals surface area contributed by atoms with E-state index in [1.54, 1.807) is 11.3 Å². The molecule has 2 aromatic rings. The second-order valence-electron chi connectivity index (χ2n) is 6.01. The number of hydrogen-bond acceptors (Lipinski definition) is 5. The number of nitrogens with zero attached hydrogens (tertiary/aromatic N) is 4. The van der Waals surface area contributed by atoms with Crippen LogP contribution in [0.25, 0.3) is 0 Å². The third-order valence-electron chi connectivity index (χ3n) is 4.28. The quantitative estimate of drug-likeness (QED) is 0.380. The summed E-state index contributed by atoms with van der Waals surface area (Å²) < 4.78 is 6.18. The van der Waals surface area contributed by atoms with Gasteiger partial charge in [-0.05, 0) is 18.6 Å². The Hall–Kier alpha value is -0.840. The third-order valence-corrected chi connectivity index (χ3v) is 5.50. The van der Waals surface area contributed by atoms with Crippen LogP contribution in [0.1, 0.15) is 23.3 Å². The molecule has 0 saturated carbocycles. The average Bonchev–Trinajstić information content (AvgIpc) is 3.25. The van der Waals surface area contributed by atoms with Gasteiger partial charge in [0.05, 0.1) is 16.6 Å². The standard InChI is InChI=1S/C17H24ClN5OS.HI/c1-3-13-10-14(24-21-13)11-20-17(19-2)23-8-6-22(7-9-23)12-15-4-5-16(18)25-15;/h4-5,10H,3,6-9,11-12H2,1-2H3,(H,19,20);1H. The molecule has 144 valence electrons. The number of guanidine groups is 1. The van der Waals surface area contributed by atoms with Crippen LogP contribution in [-0.2, 0) is 19.5 Å². The number of aryl methyl sites for hydroxylation is 1. The maximum absolute atomic E-state index is 6.01. The number of rotatable bonds is 5. The number of thiophene rings is 1. The lowest BCUT2D eigenvalue weighted by atomic mass is 10.3. The molecule has 0 atom stereocenters. The van der Waals surface area contributed by atoms with Crippen LogP contribution in [0.15, 0.2) is 27.7 Å². The van der Waals surface area contributed by atoms with Gasteiger partial charge in [0, 0.05) is 50.7 Å². The van der Waals surface area contributed by atoms with Gasteiger partial charge in [0.25, 0.3) is 0 Å². The zero-order valence-electron chi connectivity index (χ0n) is 15.1. The summed E-state index contributed by atoms with van der Waals surface area (Å²) >= 11 is 7.67. The molecule has 2 aromatic heterocycles. The lowest BCUT2D eigenvalue weighted by Crippen LogP contribution is -2.51. The predicted molar refractivity (Wildman–Crippen MR) is 118 cm³/mol. The molecule has 0 bridgehead atoms. The Labute approximate surface area is 180 Å². The molecule has 3 heterocycles. The zero-order valence-corrected chi connectivity index (χ0v) is 19.0. The van der Waals surface area contributed by atoms with Crippen LogP contribution < -0.4 is 5.32 Å². The summed E-state index contributed by atoms with van der Waals surface area (Å²) in [5.41, 5.74) is 0.981. The van der Waals surface area contributed by atoms with Crippen molar-refractivity contribution in [1.82, 2.24) is 20.3 Å². The fraction of sp³-hybridized carbons (Fsp3) is 0.529. The van der Waals surface area contributed by atoms with Gasteiger partial charge in [-0.1, -0.05) is 23.7 Å². The van der Waals surface area contributed by atoms with E-state index >= 15 is 0 Å². The van der Waals surface area contributed by atoms with E-state index in [1.165, 1.54) is 4.88 Å². The van der Waals surface area contributed by atoms with Crippen molar-refractivity contribution in [3.05, 3.63) is 38.9 Å². The molecule has 9 heteroatoms. The summed E-state index contributed by atoms with van der Waals surface area (Å²) in [6, 6.07) is 6.07. The third kappa shape index (κ3) is 5.83. The molecule has 6 nitrogen and oxygen atoms in total. The van der Waals surface area contributed by atoms with Crippen LogP contribution in [0, 0.1) is 0 Å². The Morgan fingerprint density at radius 1 is 1.35 bits per heavy atom. The molecule has 1 N–H and O–H groups in total. The fourth-order valence-corrected chi connectivity index (χ4v) is 4.01. The second-order valence-corrected chi connectivity index (χ2v) is 7.81. The van der Waals surface area contributed by atoms with Gasteiger partial charge in [-0.15, -0.1) is 35.3 Å². The minimum atomic E-state index is 0. The first kappa shape index (κ1) is 21.5. The maximum Gasteiger partial charge on any atom is 0.194 e.